The monoisotopic (exact) mass is 501 g/mol. The molecule has 0 aliphatic heterocycles. The number of amides is 2. The highest BCUT2D eigenvalue weighted by Crippen LogP contribution is 2.23. The summed E-state index contributed by atoms with van der Waals surface area (Å²) in [6.07, 6.45) is 8.28. The molecular formula is C24H40ClN3O4S. The van der Waals surface area contributed by atoms with Crippen LogP contribution in [0.25, 0.3) is 0 Å². The maximum Gasteiger partial charge on any atom is 0.242 e. The smallest absolute Gasteiger partial charge is 0.242 e. The van der Waals surface area contributed by atoms with Gasteiger partial charge in [0, 0.05) is 19.5 Å². The topological polar surface area (TPSA) is 104 Å². The molecule has 7 nitrogen and oxygen atoms in total. The highest BCUT2D eigenvalue weighted by atomic mass is 35.5. The summed E-state index contributed by atoms with van der Waals surface area (Å²) in [4.78, 5) is 24.9. The van der Waals surface area contributed by atoms with E-state index in [0.29, 0.717) is 13.1 Å². The average Bonchev–Trinajstić information content (AvgIpc) is 2.77. The number of halogens is 1. The van der Waals surface area contributed by atoms with Gasteiger partial charge < -0.3 is 10.6 Å². The van der Waals surface area contributed by atoms with Crippen molar-refractivity contribution in [3.63, 3.8) is 0 Å². The van der Waals surface area contributed by atoms with Crippen LogP contribution in [0.5, 0.6) is 0 Å². The molecule has 1 aromatic carbocycles. The van der Waals surface area contributed by atoms with E-state index in [0.717, 1.165) is 56.9 Å². The second-order valence-electron chi connectivity index (χ2n) is 8.41. The molecule has 188 valence electrons. The van der Waals surface area contributed by atoms with Crippen LogP contribution >= 0.6 is 11.6 Å². The Balaban J connectivity index is 2.79. The lowest BCUT2D eigenvalue weighted by atomic mass is 10.1. The molecule has 1 atom stereocenters. The molecule has 0 radical (unpaired) electrons. The fraction of sp³-hybridized carbons (Fsp3) is 0.667. The first kappa shape index (κ1) is 29.4. The number of benzene rings is 1. The van der Waals surface area contributed by atoms with Crippen molar-refractivity contribution in [2.75, 3.05) is 13.1 Å². The summed E-state index contributed by atoms with van der Waals surface area (Å²) in [5.74, 6) is -0.630. The van der Waals surface area contributed by atoms with Crippen LogP contribution in [0.4, 0.5) is 0 Å². The molecule has 0 heterocycles. The van der Waals surface area contributed by atoms with Gasteiger partial charge in [0.25, 0.3) is 0 Å². The molecule has 33 heavy (non-hydrogen) atoms. The summed E-state index contributed by atoms with van der Waals surface area (Å²) >= 11 is 6.11. The number of carbonyl (C=O) groups excluding carboxylic acids is 2. The number of aryl methyl sites for hydroxylation is 1. The molecule has 0 unspecified atom stereocenters. The Bertz CT molecular complexity index is 846. The average molecular weight is 502 g/mol. The third-order valence-electron chi connectivity index (χ3n) is 5.33. The van der Waals surface area contributed by atoms with E-state index >= 15 is 0 Å². The molecule has 0 saturated carbocycles. The van der Waals surface area contributed by atoms with Crippen LogP contribution in [-0.4, -0.2) is 39.4 Å². The molecule has 0 saturated heterocycles. The highest BCUT2D eigenvalue weighted by molar-refractivity contribution is 7.89. The summed E-state index contributed by atoms with van der Waals surface area (Å²) in [5.41, 5.74) is 0.735. The normalized spacial score (nSPS) is 12.4. The minimum absolute atomic E-state index is 0.0474. The number of nitrogens with one attached hydrogen (secondary N) is 3. The van der Waals surface area contributed by atoms with Crippen molar-refractivity contribution in [3.8, 4) is 0 Å². The van der Waals surface area contributed by atoms with Gasteiger partial charge in [0.2, 0.25) is 21.8 Å². The van der Waals surface area contributed by atoms with E-state index in [4.69, 9.17) is 11.6 Å². The van der Waals surface area contributed by atoms with Crippen molar-refractivity contribution < 1.29 is 18.0 Å². The van der Waals surface area contributed by atoms with Crippen LogP contribution in [0.1, 0.15) is 83.6 Å². The number of rotatable bonds is 17. The summed E-state index contributed by atoms with van der Waals surface area (Å²) < 4.78 is 28.4. The van der Waals surface area contributed by atoms with Crippen molar-refractivity contribution in [3.05, 3.63) is 28.8 Å². The molecule has 9 heteroatoms. The van der Waals surface area contributed by atoms with E-state index in [1.807, 2.05) is 0 Å². The van der Waals surface area contributed by atoms with Crippen LogP contribution < -0.4 is 15.4 Å². The second-order valence-corrected chi connectivity index (χ2v) is 10.5. The zero-order valence-electron chi connectivity index (χ0n) is 20.2. The minimum Gasteiger partial charge on any atom is -0.356 e. The highest BCUT2D eigenvalue weighted by Gasteiger charge is 2.27. The summed E-state index contributed by atoms with van der Waals surface area (Å²) in [7, 11) is -4.05. The van der Waals surface area contributed by atoms with Gasteiger partial charge in [-0.25, -0.2) is 8.42 Å². The first-order chi connectivity index (χ1) is 15.7. The van der Waals surface area contributed by atoms with Gasteiger partial charge in [-0.2, -0.15) is 4.72 Å². The molecule has 0 spiro atoms. The predicted octanol–water partition coefficient (Wildman–Crippen LogP) is 4.47. The van der Waals surface area contributed by atoms with Gasteiger partial charge in [-0.1, -0.05) is 70.0 Å². The largest absolute Gasteiger partial charge is 0.356 e. The molecule has 1 aromatic rings. The Morgan fingerprint density at radius 2 is 1.55 bits per heavy atom. The minimum atomic E-state index is -4.05. The van der Waals surface area contributed by atoms with Gasteiger partial charge in [0.05, 0.1) is 5.02 Å². The maximum atomic E-state index is 13.0. The summed E-state index contributed by atoms with van der Waals surface area (Å²) in [5, 5.41) is 5.73. The van der Waals surface area contributed by atoms with Gasteiger partial charge in [-0.05, 0) is 43.9 Å². The van der Waals surface area contributed by atoms with E-state index in [2.05, 4.69) is 29.2 Å². The van der Waals surface area contributed by atoms with Crippen LogP contribution in [0.3, 0.4) is 0 Å². The van der Waals surface area contributed by atoms with Gasteiger partial charge in [-0.15, -0.1) is 0 Å². The van der Waals surface area contributed by atoms with E-state index < -0.39 is 22.0 Å². The lowest BCUT2D eigenvalue weighted by Gasteiger charge is -2.19. The molecule has 0 fully saturated rings. The van der Waals surface area contributed by atoms with Gasteiger partial charge in [-0.3, -0.25) is 9.59 Å². The molecule has 1 rings (SSSR count). The Kier molecular flexibility index (Phi) is 14.3. The lowest BCUT2D eigenvalue weighted by molar-refractivity contribution is -0.123. The standard InChI is InChI=1S/C24H40ClN3O4S/c1-4-6-8-10-16-26-23(29)15-14-21(24(30)27-17-11-9-7-5-2)28-33(31,32)22-18-19(3)12-13-20(22)25/h12-13,18,21,28H,4-11,14-17H2,1-3H3,(H,26,29)(H,27,30)/t21-/m0/s1. The van der Waals surface area contributed by atoms with Crippen molar-refractivity contribution in [1.29, 1.82) is 0 Å². The number of unbranched alkanes of at least 4 members (excludes halogenated alkanes) is 6. The van der Waals surface area contributed by atoms with Gasteiger partial charge in [0.15, 0.2) is 0 Å². The molecule has 0 aromatic heterocycles. The second kappa shape index (κ2) is 16.1. The summed E-state index contributed by atoms with van der Waals surface area (Å²) in [6, 6.07) is 3.63. The molecule has 0 aliphatic carbocycles. The number of hydrogen-bond donors (Lipinski definition) is 3. The number of hydrogen-bond acceptors (Lipinski definition) is 4. The molecular weight excluding hydrogens is 462 g/mol. The van der Waals surface area contributed by atoms with E-state index in [9.17, 15) is 18.0 Å². The number of sulfonamides is 1. The zero-order chi connectivity index (χ0) is 24.7. The predicted molar refractivity (Wildman–Crippen MR) is 134 cm³/mol. The van der Waals surface area contributed by atoms with Crippen molar-refractivity contribution in [2.24, 2.45) is 0 Å². The van der Waals surface area contributed by atoms with Crippen LogP contribution in [-0.2, 0) is 19.6 Å². The van der Waals surface area contributed by atoms with E-state index in [1.165, 1.54) is 12.1 Å². The lowest BCUT2D eigenvalue weighted by Crippen LogP contribution is -2.47. The van der Waals surface area contributed by atoms with Crippen molar-refractivity contribution in [1.82, 2.24) is 15.4 Å². The Morgan fingerprint density at radius 3 is 2.15 bits per heavy atom. The fourth-order valence-corrected chi connectivity index (χ4v) is 5.16. The Morgan fingerprint density at radius 1 is 0.939 bits per heavy atom. The zero-order valence-corrected chi connectivity index (χ0v) is 21.8. The van der Waals surface area contributed by atoms with Crippen molar-refractivity contribution >= 4 is 33.4 Å². The van der Waals surface area contributed by atoms with Crippen LogP contribution in [0.15, 0.2) is 23.1 Å². The Labute approximate surface area is 204 Å². The molecule has 2 amide bonds. The summed E-state index contributed by atoms with van der Waals surface area (Å²) in [6.45, 7) is 7.04. The van der Waals surface area contributed by atoms with Gasteiger partial charge in [0.1, 0.15) is 10.9 Å². The Hall–Kier alpha value is -1.64. The maximum absolute atomic E-state index is 13.0. The van der Waals surface area contributed by atoms with Crippen LogP contribution in [0.2, 0.25) is 5.02 Å². The molecule has 3 N–H and O–H groups in total. The van der Waals surface area contributed by atoms with E-state index in [-0.39, 0.29) is 28.7 Å². The SMILES string of the molecule is CCCCCCNC(=O)CC[C@H](NS(=O)(=O)c1cc(C)ccc1Cl)C(=O)NCCCCCC. The van der Waals surface area contributed by atoms with Crippen molar-refractivity contribution in [2.45, 2.75) is 95.9 Å². The third-order valence-corrected chi connectivity index (χ3v) is 7.29. The number of carbonyl (C=O) groups is 2. The van der Waals surface area contributed by atoms with E-state index in [1.54, 1.807) is 13.0 Å². The van der Waals surface area contributed by atoms with Gasteiger partial charge >= 0.3 is 0 Å². The fourth-order valence-electron chi connectivity index (χ4n) is 3.34. The quantitative estimate of drug-likeness (QED) is 0.274. The third kappa shape index (κ3) is 11.9. The van der Waals surface area contributed by atoms with Crippen LogP contribution in [0, 0.1) is 6.92 Å². The first-order valence-corrected chi connectivity index (χ1v) is 13.9. The molecule has 0 bridgehead atoms. The molecule has 0 aliphatic rings. The first-order valence-electron chi connectivity index (χ1n) is 12.0.